The highest BCUT2D eigenvalue weighted by molar-refractivity contribution is 6.32. The molecule has 0 saturated carbocycles. The van der Waals surface area contributed by atoms with Crippen molar-refractivity contribution in [3.8, 4) is 11.5 Å². The quantitative estimate of drug-likeness (QED) is 0.643. The van der Waals surface area contributed by atoms with Crippen molar-refractivity contribution in [3.63, 3.8) is 0 Å². The lowest BCUT2D eigenvalue weighted by molar-refractivity contribution is -0.153. The van der Waals surface area contributed by atoms with Crippen molar-refractivity contribution in [2.45, 2.75) is 6.54 Å². The molecular formula is C19H19ClFNO5. The number of hydrogen-bond acceptors (Lipinski definition) is 5. The Bertz CT molecular complexity index is 814. The number of benzene rings is 2. The maximum atomic E-state index is 13.7. The van der Waals surface area contributed by atoms with Gasteiger partial charge in [0.25, 0.3) is 5.91 Å². The van der Waals surface area contributed by atoms with Gasteiger partial charge in [0.2, 0.25) is 0 Å². The first-order chi connectivity index (χ1) is 12.9. The number of amides is 1. The first-order valence-electron chi connectivity index (χ1n) is 8.00. The summed E-state index contributed by atoms with van der Waals surface area (Å²) in [7, 11) is 2.90. The topological polar surface area (TPSA) is 65.1 Å². The molecule has 0 unspecified atom stereocenters. The molecule has 0 fully saturated rings. The molecule has 0 spiro atoms. The van der Waals surface area contributed by atoms with Gasteiger partial charge in [-0.2, -0.15) is 0 Å². The van der Waals surface area contributed by atoms with E-state index in [4.69, 9.17) is 25.8 Å². The fraction of sp³-hybridized carbons (Fsp3) is 0.263. The van der Waals surface area contributed by atoms with Crippen LogP contribution in [0.25, 0.3) is 0 Å². The fourth-order valence-electron chi connectivity index (χ4n) is 2.16. The SMILES string of the molecule is COc1ccc(CN(C)C(=O)COC(=O)COc2ccccc2Cl)cc1F. The Kier molecular flexibility index (Phi) is 7.43. The summed E-state index contributed by atoms with van der Waals surface area (Å²) in [5.41, 5.74) is 0.581. The van der Waals surface area contributed by atoms with Crippen molar-refractivity contribution in [3.05, 3.63) is 58.9 Å². The Hall–Kier alpha value is -2.80. The van der Waals surface area contributed by atoms with Gasteiger partial charge in [-0.15, -0.1) is 0 Å². The molecule has 27 heavy (non-hydrogen) atoms. The summed E-state index contributed by atoms with van der Waals surface area (Å²) in [5, 5.41) is 0.368. The van der Waals surface area contributed by atoms with Gasteiger partial charge < -0.3 is 19.1 Å². The van der Waals surface area contributed by atoms with Gasteiger partial charge in [-0.05, 0) is 29.8 Å². The molecule has 0 saturated heterocycles. The lowest BCUT2D eigenvalue weighted by Gasteiger charge is -2.17. The predicted molar refractivity (Wildman–Crippen MR) is 97.3 cm³/mol. The number of ether oxygens (including phenoxy) is 3. The van der Waals surface area contributed by atoms with Crippen LogP contribution in [-0.2, 0) is 20.9 Å². The molecular weight excluding hydrogens is 377 g/mol. The van der Waals surface area contributed by atoms with Gasteiger partial charge in [0.05, 0.1) is 12.1 Å². The van der Waals surface area contributed by atoms with Crippen molar-refractivity contribution in [2.24, 2.45) is 0 Å². The van der Waals surface area contributed by atoms with Gasteiger partial charge >= 0.3 is 5.97 Å². The number of para-hydroxylation sites is 1. The van der Waals surface area contributed by atoms with Crippen LogP contribution >= 0.6 is 11.6 Å². The molecule has 0 aromatic heterocycles. The molecule has 2 rings (SSSR count). The zero-order valence-electron chi connectivity index (χ0n) is 14.9. The van der Waals surface area contributed by atoms with E-state index in [2.05, 4.69) is 0 Å². The number of carbonyl (C=O) groups excluding carboxylic acids is 2. The van der Waals surface area contributed by atoms with Crippen molar-refractivity contribution >= 4 is 23.5 Å². The third kappa shape index (κ3) is 6.14. The van der Waals surface area contributed by atoms with E-state index in [9.17, 15) is 14.0 Å². The number of halogens is 2. The van der Waals surface area contributed by atoms with Gasteiger partial charge in [0.1, 0.15) is 5.75 Å². The summed E-state index contributed by atoms with van der Waals surface area (Å²) in [6.45, 7) is -0.655. The average molecular weight is 396 g/mol. The summed E-state index contributed by atoms with van der Waals surface area (Å²) in [4.78, 5) is 25.1. The highest BCUT2D eigenvalue weighted by Crippen LogP contribution is 2.23. The number of esters is 1. The Balaban J connectivity index is 1.78. The molecule has 0 bridgehead atoms. The van der Waals surface area contributed by atoms with Crippen LogP contribution in [0.2, 0.25) is 5.02 Å². The number of methoxy groups -OCH3 is 1. The second kappa shape index (κ2) is 9.78. The number of nitrogens with zero attached hydrogens (tertiary/aromatic N) is 1. The van der Waals surface area contributed by atoms with Gasteiger partial charge in [0.15, 0.2) is 24.8 Å². The fourth-order valence-corrected chi connectivity index (χ4v) is 2.35. The summed E-state index contributed by atoms with van der Waals surface area (Å²) in [5.74, 6) is -1.18. The van der Waals surface area contributed by atoms with E-state index < -0.39 is 24.3 Å². The van der Waals surface area contributed by atoms with Gasteiger partial charge in [0, 0.05) is 13.6 Å². The summed E-state index contributed by atoms with van der Waals surface area (Å²) in [6, 6.07) is 11.1. The van der Waals surface area contributed by atoms with E-state index in [-0.39, 0.29) is 18.9 Å². The van der Waals surface area contributed by atoms with Crippen LogP contribution < -0.4 is 9.47 Å². The molecule has 1 amide bonds. The molecule has 2 aromatic carbocycles. The van der Waals surface area contributed by atoms with Crippen molar-refractivity contribution in [2.75, 3.05) is 27.4 Å². The Morgan fingerprint density at radius 2 is 1.85 bits per heavy atom. The molecule has 8 heteroatoms. The maximum absolute atomic E-state index is 13.7. The highest BCUT2D eigenvalue weighted by atomic mass is 35.5. The molecule has 0 aliphatic carbocycles. The molecule has 144 valence electrons. The van der Waals surface area contributed by atoms with Crippen LogP contribution in [0.4, 0.5) is 4.39 Å². The van der Waals surface area contributed by atoms with Gasteiger partial charge in [-0.25, -0.2) is 9.18 Å². The Morgan fingerprint density at radius 1 is 1.11 bits per heavy atom. The zero-order valence-corrected chi connectivity index (χ0v) is 15.7. The molecule has 0 atom stereocenters. The minimum absolute atomic E-state index is 0.125. The maximum Gasteiger partial charge on any atom is 0.344 e. The van der Waals surface area contributed by atoms with Crippen molar-refractivity contribution < 1.29 is 28.2 Å². The molecule has 0 heterocycles. The lowest BCUT2D eigenvalue weighted by atomic mass is 10.2. The molecule has 6 nitrogen and oxygen atoms in total. The van der Waals surface area contributed by atoms with Crippen LogP contribution in [0.3, 0.4) is 0 Å². The zero-order chi connectivity index (χ0) is 19.8. The minimum Gasteiger partial charge on any atom is -0.494 e. The lowest BCUT2D eigenvalue weighted by Crippen LogP contribution is -2.31. The second-order valence-electron chi connectivity index (χ2n) is 5.60. The largest absolute Gasteiger partial charge is 0.494 e. The van der Waals surface area contributed by atoms with Crippen molar-refractivity contribution in [1.29, 1.82) is 0 Å². The monoisotopic (exact) mass is 395 g/mol. The van der Waals surface area contributed by atoms with Crippen LogP contribution in [0, 0.1) is 5.82 Å². The van der Waals surface area contributed by atoms with E-state index in [0.717, 1.165) is 0 Å². The summed E-state index contributed by atoms with van der Waals surface area (Å²) < 4.78 is 28.7. The number of rotatable bonds is 8. The molecule has 0 N–H and O–H groups in total. The molecule has 0 radical (unpaired) electrons. The number of likely N-dealkylation sites (N-methyl/N-ethyl adjacent to an activating group) is 1. The summed E-state index contributed by atoms with van der Waals surface area (Å²) >= 11 is 5.91. The summed E-state index contributed by atoms with van der Waals surface area (Å²) in [6.07, 6.45) is 0. The van der Waals surface area contributed by atoms with Crippen LogP contribution in [0.1, 0.15) is 5.56 Å². The third-order valence-corrected chi connectivity index (χ3v) is 3.91. The number of carbonyl (C=O) groups is 2. The highest BCUT2D eigenvalue weighted by Gasteiger charge is 2.14. The van der Waals surface area contributed by atoms with Crippen LogP contribution in [0.15, 0.2) is 42.5 Å². The van der Waals surface area contributed by atoms with Crippen molar-refractivity contribution in [1.82, 2.24) is 4.90 Å². The molecule has 2 aromatic rings. The van der Waals surface area contributed by atoms with E-state index >= 15 is 0 Å². The Labute approximate surface area is 161 Å². The first-order valence-corrected chi connectivity index (χ1v) is 8.38. The third-order valence-electron chi connectivity index (χ3n) is 3.60. The smallest absolute Gasteiger partial charge is 0.344 e. The van der Waals surface area contributed by atoms with E-state index in [1.165, 1.54) is 31.2 Å². The van der Waals surface area contributed by atoms with Crippen LogP contribution in [0.5, 0.6) is 11.5 Å². The average Bonchev–Trinajstić information content (AvgIpc) is 2.65. The number of hydrogen-bond donors (Lipinski definition) is 0. The normalized spacial score (nSPS) is 10.2. The predicted octanol–water partition coefficient (Wildman–Crippen LogP) is 3.07. The van der Waals surface area contributed by atoms with Gasteiger partial charge in [-0.3, -0.25) is 4.79 Å². The van der Waals surface area contributed by atoms with Crippen LogP contribution in [-0.4, -0.2) is 44.1 Å². The molecule has 0 aliphatic heterocycles. The second-order valence-corrected chi connectivity index (χ2v) is 6.01. The first kappa shape index (κ1) is 20.5. The molecule has 0 aliphatic rings. The standard InChI is InChI=1S/C19H19ClFNO5/c1-22(10-13-7-8-17(25-2)15(21)9-13)18(23)11-27-19(24)12-26-16-6-4-3-5-14(16)20/h3-9H,10-12H2,1-2H3. The minimum atomic E-state index is -0.702. The van der Waals surface area contributed by atoms with E-state index in [1.807, 2.05) is 0 Å². The Morgan fingerprint density at radius 3 is 2.52 bits per heavy atom. The van der Waals surface area contributed by atoms with E-state index in [0.29, 0.717) is 16.3 Å². The van der Waals surface area contributed by atoms with E-state index in [1.54, 1.807) is 30.3 Å². The van der Waals surface area contributed by atoms with Gasteiger partial charge in [-0.1, -0.05) is 29.8 Å².